The normalized spacial score (nSPS) is 13.2. The fraction of sp³-hybridized carbons (Fsp3) is 1.00. The Morgan fingerprint density at radius 2 is 2.38 bits per heavy atom. The second-order valence-electron chi connectivity index (χ2n) is 1.31. The molecule has 0 aromatic heterocycles. The van der Waals surface area contributed by atoms with Gasteiger partial charge in [0.25, 0.3) is 0 Å². The molecule has 0 aliphatic carbocycles. The Hall–Kier alpha value is -0.520. The van der Waals surface area contributed by atoms with E-state index in [0.717, 1.165) is 0 Å². The molecule has 0 bridgehead atoms. The van der Waals surface area contributed by atoms with Crippen molar-refractivity contribution in [3.63, 3.8) is 0 Å². The van der Waals surface area contributed by atoms with Crippen molar-refractivity contribution in [3.05, 3.63) is 4.91 Å². The van der Waals surface area contributed by atoms with Gasteiger partial charge in [-0.3, -0.25) is 4.84 Å². The third-order valence-electron chi connectivity index (χ3n) is 0.734. The predicted molar refractivity (Wildman–Crippen MR) is 28.8 cm³/mol. The van der Waals surface area contributed by atoms with E-state index in [2.05, 4.69) is 10.0 Å². The van der Waals surface area contributed by atoms with Crippen molar-refractivity contribution in [1.29, 1.82) is 0 Å². The van der Waals surface area contributed by atoms with Gasteiger partial charge in [0.2, 0.25) is 0 Å². The quantitative estimate of drug-likeness (QED) is 0.365. The Morgan fingerprint density at radius 3 is 2.50 bits per heavy atom. The Balaban J connectivity index is 3.20. The number of nitrogens with zero attached hydrogens (tertiary/aromatic N) is 1. The minimum atomic E-state index is -0.424. The summed E-state index contributed by atoms with van der Waals surface area (Å²) in [6.45, 7) is 0.245. The average Bonchev–Trinajstić information content (AvgIpc) is 1.83. The molecule has 0 saturated heterocycles. The molecule has 5 heteroatoms. The van der Waals surface area contributed by atoms with Crippen LogP contribution in [0.3, 0.4) is 0 Å². The second-order valence-corrected chi connectivity index (χ2v) is 1.31. The van der Waals surface area contributed by atoms with E-state index in [1.165, 1.54) is 0 Å². The van der Waals surface area contributed by atoms with Gasteiger partial charge in [-0.15, -0.1) is 0 Å². The smallest absolute Gasteiger partial charge is 0.114 e. The van der Waals surface area contributed by atoms with Gasteiger partial charge in [0.15, 0.2) is 0 Å². The van der Waals surface area contributed by atoms with Crippen LogP contribution in [0.5, 0.6) is 0 Å². The van der Waals surface area contributed by atoms with Gasteiger partial charge in [-0.2, -0.15) is 4.91 Å². The van der Waals surface area contributed by atoms with Crippen molar-refractivity contribution >= 4 is 0 Å². The molecule has 0 aliphatic rings. The fourth-order valence-electron chi connectivity index (χ4n) is 0.256. The number of nitroso groups, excluding NO2 is 1. The molecule has 0 spiro atoms. The Morgan fingerprint density at radius 1 is 1.75 bits per heavy atom. The summed E-state index contributed by atoms with van der Waals surface area (Å²) >= 11 is 0. The lowest BCUT2D eigenvalue weighted by molar-refractivity contribution is 0.0658. The van der Waals surface area contributed by atoms with Gasteiger partial charge in [0.1, 0.15) is 12.6 Å². The zero-order chi connectivity index (χ0) is 6.41. The molecule has 1 unspecified atom stereocenters. The van der Waals surface area contributed by atoms with E-state index in [0.29, 0.717) is 0 Å². The highest BCUT2D eigenvalue weighted by Crippen LogP contribution is 1.82. The molecule has 8 heavy (non-hydrogen) atoms. The van der Waals surface area contributed by atoms with Gasteiger partial charge in [0.05, 0.1) is 0 Å². The molecule has 0 saturated carbocycles. The highest BCUT2D eigenvalue weighted by molar-refractivity contribution is 4.58. The van der Waals surface area contributed by atoms with Crippen molar-refractivity contribution in [2.24, 2.45) is 16.8 Å². The minimum Gasteiger partial charge on any atom is -0.328 e. The SMILES string of the molecule is NCC(CN=O)ON. The van der Waals surface area contributed by atoms with E-state index < -0.39 is 6.10 Å². The molecule has 0 fully saturated rings. The standard InChI is InChI=1S/C3H9N3O2/c4-1-3(8-5)2-6-7/h3H,1-2,4-5H2. The van der Waals surface area contributed by atoms with E-state index in [9.17, 15) is 4.91 Å². The molecule has 0 amide bonds. The maximum Gasteiger partial charge on any atom is 0.114 e. The van der Waals surface area contributed by atoms with E-state index >= 15 is 0 Å². The lowest BCUT2D eigenvalue weighted by Crippen LogP contribution is -2.29. The van der Waals surface area contributed by atoms with Crippen LogP contribution in [-0.2, 0) is 4.84 Å². The molecule has 0 aromatic carbocycles. The molecule has 0 heterocycles. The molecular weight excluding hydrogens is 110 g/mol. The highest BCUT2D eigenvalue weighted by atomic mass is 16.6. The summed E-state index contributed by atoms with van der Waals surface area (Å²) in [7, 11) is 0. The minimum absolute atomic E-state index is 0.0208. The first kappa shape index (κ1) is 7.48. The summed E-state index contributed by atoms with van der Waals surface area (Å²) in [4.78, 5) is 13.7. The molecule has 0 rings (SSSR count). The molecule has 0 aromatic rings. The van der Waals surface area contributed by atoms with Gasteiger partial charge in [-0.05, 0) is 0 Å². The van der Waals surface area contributed by atoms with Crippen molar-refractivity contribution in [2.45, 2.75) is 6.10 Å². The number of hydrogen-bond donors (Lipinski definition) is 2. The van der Waals surface area contributed by atoms with Crippen molar-refractivity contribution in [2.75, 3.05) is 13.1 Å². The van der Waals surface area contributed by atoms with Gasteiger partial charge in [0, 0.05) is 6.54 Å². The van der Waals surface area contributed by atoms with E-state index in [4.69, 9.17) is 11.6 Å². The average molecular weight is 119 g/mol. The van der Waals surface area contributed by atoms with Crippen LogP contribution in [0.15, 0.2) is 5.18 Å². The zero-order valence-corrected chi connectivity index (χ0v) is 4.41. The molecule has 5 nitrogen and oxygen atoms in total. The van der Waals surface area contributed by atoms with Crippen molar-refractivity contribution < 1.29 is 4.84 Å². The van der Waals surface area contributed by atoms with Crippen LogP contribution >= 0.6 is 0 Å². The molecular formula is C3H9N3O2. The van der Waals surface area contributed by atoms with Crippen molar-refractivity contribution in [3.8, 4) is 0 Å². The molecule has 0 aliphatic heterocycles. The summed E-state index contributed by atoms with van der Waals surface area (Å²) in [6, 6.07) is 0. The van der Waals surface area contributed by atoms with Gasteiger partial charge in [-0.1, -0.05) is 5.18 Å². The Bertz CT molecular complexity index is 63.5. The first-order chi connectivity index (χ1) is 3.85. The third kappa shape index (κ3) is 2.62. The summed E-state index contributed by atoms with van der Waals surface area (Å²) in [5, 5.41) is 2.54. The zero-order valence-electron chi connectivity index (χ0n) is 4.41. The topological polar surface area (TPSA) is 90.7 Å². The first-order valence-electron chi connectivity index (χ1n) is 2.19. The van der Waals surface area contributed by atoms with Gasteiger partial charge in [-0.25, -0.2) is 5.90 Å². The van der Waals surface area contributed by atoms with Crippen LogP contribution in [0.25, 0.3) is 0 Å². The van der Waals surface area contributed by atoms with Gasteiger partial charge >= 0.3 is 0 Å². The monoisotopic (exact) mass is 119 g/mol. The largest absolute Gasteiger partial charge is 0.328 e. The van der Waals surface area contributed by atoms with Crippen LogP contribution in [-0.4, -0.2) is 19.2 Å². The maximum absolute atomic E-state index is 9.49. The first-order valence-corrected chi connectivity index (χ1v) is 2.19. The fourth-order valence-corrected chi connectivity index (χ4v) is 0.256. The Labute approximate surface area is 46.9 Å². The third-order valence-corrected chi connectivity index (χ3v) is 0.734. The van der Waals surface area contributed by atoms with E-state index in [1.54, 1.807) is 0 Å². The highest BCUT2D eigenvalue weighted by Gasteiger charge is 2.02. The van der Waals surface area contributed by atoms with Crippen LogP contribution in [0.1, 0.15) is 0 Å². The van der Waals surface area contributed by atoms with Crippen LogP contribution in [0.4, 0.5) is 0 Å². The Kier molecular flexibility index (Phi) is 4.33. The predicted octanol–water partition coefficient (Wildman–Crippen LogP) is -1.03. The maximum atomic E-state index is 9.49. The molecule has 48 valence electrons. The summed E-state index contributed by atoms with van der Waals surface area (Å²) in [5.74, 6) is 4.69. The summed E-state index contributed by atoms with van der Waals surface area (Å²) in [6.07, 6.45) is -0.424. The van der Waals surface area contributed by atoms with E-state index in [1.807, 2.05) is 0 Å². The summed E-state index contributed by atoms with van der Waals surface area (Å²) < 4.78 is 0. The lowest BCUT2D eigenvalue weighted by atomic mass is 10.4. The number of rotatable bonds is 4. The van der Waals surface area contributed by atoms with E-state index in [-0.39, 0.29) is 13.1 Å². The molecule has 0 radical (unpaired) electrons. The number of hydrogen-bond acceptors (Lipinski definition) is 5. The second kappa shape index (κ2) is 4.63. The van der Waals surface area contributed by atoms with Gasteiger partial charge < -0.3 is 5.73 Å². The lowest BCUT2D eigenvalue weighted by Gasteiger charge is -2.04. The molecule has 4 N–H and O–H groups in total. The number of nitrogens with two attached hydrogens (primary N) is 2. The summed E-state index contributed by atoms with van der Waals surface area (Å²) in [5.41, 5.74) is 5.07. The van der Waals surface area contributed by atoms with Crippen LogP contribution < -0.4 is 11.6 Å². The molecule has 1 atom stereocenters. The van der Waals surface area contributed by atoms with Crippen LogP contribution in [0.2, 0.25) is 0 Å². The van der Waals surface area contributed by atoms with Crippen LogP contribution in [0, 0.1) is 4.91 Å². The van der Waals surface area contributed by atoms with Crippen molar-refractivity contribution in [1.82, 2.24) is 0 Å².